The molecule has 6 aromatic carbocycles. The minimum absolute atomic E-state index is 0.179. The van der Waals surface area contributed by atoms with Gasteiger partial charge in [0.05, 0.1) is 11.4 Å². The van der Waals surface area contributed by atoms with Crippen molar-refractivity contribution in [1.82, 2.24) is 4.98 Å². The van der Waals surface area contributed by atoms with Crippen LogP contribution in [0.5, 0.6) is 0 Å². The van der Waals surface area contributed by atoms with E-state index in [4.69, 9.17) is 5.73 Å². The third-order valence-corrected chi connectivity index (χ3v) is 10.1. The molecule has 0 amide bonds. The highest BCUT2D eigenvalue weighted by Gasteiger charge is 2.35. The van der Waals surface area contributed by atoms with Gasteiger partial charge in [-0.15, -0.1) is 5.11 Å². The van der Waals surface area contributed by atoms with E-state index in [1.165, 1.54) is 38.8 Å². The molecule has 2 aliphatic carbocycles. The molecule has 2 atom stereocenters. The second-order valence-corrected chi connectivity index (χ2v) is 13.1. The molecule has 4 nitrogen and oxygen atoms in total. The zero-order valence-corrected chi connectivity index (χ0v) is 27.9. The normalized spacial score (nSPS) is 16.4. The van der Waals surface area contributed by atoms with Crippen molar-refractivity contribution in [3.63, 3.8) is 0 Å². The second kappa shape index (κ2) is 13.0. The highest BCUT2D eigenvalue weighted by atomic mass is 15.1. The molecule has 2 unspecified atom stereocenters. The summed E-state index contributed by atoms with van der Waals surface area (Å²) in [5, 5.41) is 11.3. The zero-order valence-electron chi connectivity index (χ0n) is 27.9. The van der Waals surface area contributed by atoms with Gasteiger partial charge in [-0.25, -0.2) is 0 Å². The molecule has 9 rings (SSSR count). The highest BCUT2D eigenvalue weighted by molar-refractivity contribution is 5.96. The summed E-state index contributed by atoms with van der Waals surface area (Å²) in [6.07, 6.45) is 12.8. The molecule has 2 aliphatic rings. The zero-order chi connectivity index (χ0) is 34.1. The number of hydrogen-bond donors (Lipinski definition) is 1. The molecule has 0 bridgehead atoms. The summed E-state index contributed by atoms with van der Waals surface area (Å²) in [6.45, 7) is 0. The first-order valence-electron chi connectivity index (χ1n) is 17.3. The number of allylic oxidation sites excluding steroid dienone is 5. The van der Waals surface area contributed by atoms with Crippen molar-refractivity contribution in [2.45, 2.75) is 5.92 Å². The van der Waals surface area contributed by atoms with Crippen LogP contribution in [0.15, 0.2) is 198 Å². The number of nitrogen functional groups attached to an aromatic ring is 1. The summed E-state index contributed by atoms with van der Waals surface area (Å²) < 4.78 is 0. The van der Waals surface area contributed by atoms with Gasteiger partial charge in [0, 0.05) is 35.2 Å². The number of rotatable bonds is 6. The van der Waals surface area contributed by atoms with Gasteiger partial charge in [-0.1, -0.05) is 146 Å². The lowest BCUT2D eigenvalue weighted by molar-refractivity contribution is 0.649. The standard InChI is InChI=1S/C47H34N4/c48-44-28-34(23-26-45(44)51-50-37-24-21-31(22-25-37)43-30-49-29-36-13-4-5-16-38(36)43)33-14-10-15-35(27-33)47-41-19-8-6-17-39(41)46(32-11-2-1-3-12-32)40-18-7-9-20-42(40)47/h1-30,41,47H,48H2. The Morgan fingerprint density at radius 1 is 0.569 bits per heavy atom. The van der Waals surface area contributed by atoms with Crippen molar-refractivity contribution >= 4 is 33.4 Å². The third kappa shape index (κ3) is 5.67. The molecular weight excluding hydrogens is 621 g/mol. The molecule has 0 saturated heterocycles. The Bertz CT molecular complexity index is 2540. The SMILES string of the molecule is Nc1cc(-c2cccc(C3c4ccccc4C(c4ccccc4)=C4C=CC=CC43)c2)ccc1N=Nc1ccc(-c2cncc3ccccc23)cc1. The van der Waals surface area contributed by atoms with Crippen LogP contribution < -0.4 is 5.73 Å². The van der Waals surface area contributed by atoms with E-state index in [2.05, 4.69) is 155 Å². The fraction of sp³-hybridized carbons (Fsp3) is 0.0426. The predicted molar refractivity (Wildman–Crippen MR) is 210 cm³/mol. The lowest BCUT2D eigenvalue weighted by Gasteiger charge is -2.37. The Morgan fingerprint density at radius 3 is 2.22 bits per heavy atom. The number of azo groups is 1. The summed E-state index contributed by atoms with van der Waals surface area (Å²) in [7, 11) is 0. The van der Waals surface area contributed by atoms with Gasteiger partial charge in [0.15, 0.2) is 0 Å². The van der Waals surface area contributed by atoms with Crippen molar-refractivity contribution in [1.29, 1.82) is 0 Å². The summed E-state index contributed by atoms with van der Waals surface area (Å²) in [5.74, 6) is 0.402. The van der Waals surface area contributed by atoms with E-state index in [-0.39, 0.29) is 11.8 Å². The Balaban J connectivity index is 0.999. The van der Waals surface area contributed by atoms with Gasteiger partial charge in [0.25, 0.3) is 0 Å². The van der Waals surface area contributed by atoms with Gasteiger partial charge >= 0.3 is 0 Å². The van der Waals surface area contributed by atoms with Crippen LogP contribution in [0.3, 0.4) is 0 Å². The molecular formula is C47H34N4. The van der Waals surface area contributed by atoms with Crippen LogP contribution in [0.25, 0.3) is 38.6 Å². The lowest BCUT2D eigenvalue weighted by Crippen LogP contribution is -2.22. The van der Waals surface area contributed by atoms with Gasteiger partial charge in [0.2, 0.25) is 0 Å². The molecule has 0 spiro atoms. The van der Waals surface area contributed by atoms with Crippen molar-refractivity contribution in [2.24, 2.45) is 16.1 Å². The molecule has 4 heteroatoms. The van der Waals surface area contributed by atoms with Gasteiger partial charge in [-0.05, 0) is 79.7 Å². The third-order valence-electron chi connectivity index (χ3n) is 10.1. The number of anilines is 1. The van der Waals surface area contributed by atoms with Crippen molar-refractivity contribution in [3.05, 3.63) is 210 Å². The molecule has 51 heavy (non-hydrogen) atoms. The number of fused-ring (bicyclic) bond motifs is 3. The van der Waals surface area contributed by atoms with E-state index in [9.17, 15) is 0 Å². The smallest absolute Gasteiger partial charge is 0.109 e. The van der Waals surface area contributed by atoms with Gasteiger partial charge in [-0.3, -0.25) is 4.98 Å². The van der Waals surface area contributed by atoms with E-state index < -0.39 is 0 Å². The first-order valence-corrected chi connectivity index (χ1v) is 17.3. The van der Waals surface area contributed by atoms with Crippen molar-refractivity contribution in [3.8, 4) is 22.3 Å². The first kappa shape index (κ1) is 30.4. The van der Waals surface area contributed by atoms with Gasteiger partial charge in [0.1, 0.15) is 5.69 Å². The first-order chi connectivity index (χ1) is 25.2. The number of nitrogens with two attached hydrogens (primary N) is 1. The quantitative estimate of drug-likeness (QED) is 0.143. The number of aromatic nitrogens is 1. The van der Waals surface area contributed by atoms with Gasteiger partial charge in [-0.2, -0.15) is 5.11 Å². The summed E-state index contributed by atoms with van der Waals surface area (Å²) in [5.41, 5.74) is 20.8. The summed E-state index contributed by atoms with van der Waals surface area (Å²) in [6, 6.07) is 50.9. The molecule has 1 heterocycles. The van der Waals surface area contributed by atoms with Crippen molar-refractivity contribution < 1.29 is 0 Å². The minimum Gasteiger partial charge on any atom is -0.397 e. The average Bonchev–Trinajstić information content (AvgIpc) is 3.20. The van der Waals surface area contributed by atoms with E-state index >= 15 is 0 Å². The second-order valence-electron chi connectivity index (χ2n) is 13.1. The van der Waals surface area contributed by atoms with Crippen LogP contribution >= 0.6 is 0 Å². The van der Waals surface area contributed by atoms with E-state index in [1.807, 2.05) is 42.7 Å². The Labute approximate surface area is 297 Å². The Hall–Kier alpha value is -6.65. The van der Waals surface area contributed by atoms with Crippen LogP contribution in [-0.2, 0) is 0 Å². The predicted octanol–water partition coefficient (Wildman–Crippen LogP) is 12.3. The molecule has 242 valence electrons. The number of hydrogen-bond acceptors (Lipinski definition) is 4. The fourth-order valence-corrected chi connectivity index (χ4v) is 7.66. The molecule has 1 aromatic heterocycles. The molecule has 0 saturated carbocycles. The molecule has 0 fully saturated rings. The van der Waals surface area contributed by atoms with Crippen LogP contribution in [0.1, 0.15) is 28.2 Å². The molecule has 0 radical (unpaired) electrons. The monoisotopic (exact) mass is 654 g/mol. The lowest BCUT2D eigenvalue weighted by atomic mass is 9.66. The van der Waals surface area contributed by atoms with E-state index in [0.29, 0.717) is 11.4 Å². The maximum absolute atomic E-state index is 6.59. The van der Waals surface area contributed by atoms with Crippen LogP contribution in [0.4, 0.5) is 17.1 Å². The number of nitrogens with zero attached hydrogens (tertiary/aromatic N) is 3. The van der Waals surface area contributed by atoms with Gasteiger partial charge < -0.3 is 5.73 Å². The van der Waals surface area contributed by atoms with Crippen molar-refractivity contribution in [2.75, 3.05) is 5.73 Å². The Morgan fingerprint density at radius 2 is 1.33 bits per heavy atom. The largest absolute Gasteiger partial charge is 0.397 e. The molecule has 2 N–H and O–H groups in total. The molecule has 7 aromatic rings. The minimum atomic E-state index is 0.179. The van der Waals surface area contributed by atoms with E-state index in [0.717, 1.165) is 33.3 Å². The number of pyridine rings is 1. The Kier molecular flexibility index (Phi) is 7.75. The average molecular weight is 655 g/mol. The van der Waals surface area contributed by atoms with Crippen LogP contribution in [-0.4, -0.2) is 4.98 Å². The summed E-state index contributed by atoms with van der Waals surface area (Å²) in [4.78, 5) is 4.43. The molecule has 0 aliphatic heterocycles. The van der Waals surface area contributed by atoms with Crippen LogP contribution in [0.2, 0.25) is 0 Å². The highest BCUT2D eigenvalue weighted by Crippen LogP contribution is 2.50. The summed E-state index contributed by atoms with van der Waals surface area (Å²) >= 11 is 0. The van der Waals surface area contributed by atoms with E-state index in [1.54, 1.807) is 0 Å². The fourth-order valence-electron chi connectivity index (χ4n) is 7.66. The number of benzene rings is 6. The maximum atomic E-state index is 6.59. The van der Waals surface area contributed by atoms with Crippen LogP contribution in [0, 0.1) is 5.92 Å². The maximum Gasteiger partial charge on any atom is 0.109 e. The topological polar surface area (TPSA) is 63.6 Å².